The molecule has 90 valence electrons. The van der Waals surface area contributed by atoms with Crippen LogP contribution in [0.1, 0.15) is 6.92 Å². The molecule has 1 aromatic heterocycles. The predicted molar refractivity (Wildman–Crippen MR) is 67.2 cm³/mol. The average molecular weight is 316 g/mol. The first-order chi connectivity index (χ1) is 8.03. The summed E-state index contributed by atoms with van der Waals surface area (Å²) in [4.78, 5) is 3.98. The zero-order chi connectivity index (χ0) is 12.5. The fourth-order valence-corrected chi connectivity index (χ4v) is 2.20. The van der Waals surface area contributed by atoms with Gasteiger partial charge in [-0.3, -0.25) is 0 Å². The van der Waals surface area contributed by atoms with Crippen LogP contribution in [-0.4, -0.2) is 29.4 Å². The van der Waals surface area contributed by atoms with Crippen LogP contribution in [0.3, 0.4) is 0 Å². The van der Waals surface area contributed by atoms with Crippen molar-refractivity contribution in [3.63, 3.8) is 0 Å². The monoisotopic (exact) mass is 315 g/mol. The molecular weight excluding hydrogens is 306 g/mol. The largest absolute Gasteiger partial charge is 0.249 e. The molecule has 0 aliphatic heterocycles. The number of benzene rings is 1. The lowest BCUT2D eigenvalue weighted by Crippen LogP contribution is -2.05. The first-order valence-corrected chi connectivity index (χ1v) is 7.38. The van der Waals surface area contributed by atoms with Gasteiger partial charge in [-0.2, -0.15) is 10.1 Å². The van der Waals surface area contributed by atoms with Crippen LogP contribution in [0.4, 0.5) is 0 Å². The number of aromatic amines is 1. The average Bonchev–Trinajstić information content (AvgIpc) is 2.80. The highest BCUT2D eigenvalue weighted by Gasteiger charge is 2.17. The lowest BCUT2D eigenvalue weighted by molar-refractivity contribution is 0.589. The quantitative estimate of drug-likeness (QED) is 0.940. The molecule has 0 saturated carbocycles. The lowest BCUT2D eigenvalue weighted by Gasteiger charge is -1.95. The van der Waals surface area contributed by atoms with E-state index in [4.69, 9.17) is 0 Å². The molecule has 0 unspecified atom stereocenters. The third kappa shape index (κ3) is 2.55. The van der Waals surface area contributed by atoms with Crippen molar-refractivity contribution < 1.29 is 8.42 Å². The molecule has 0 aliphatic rings. The van der Waals surface area contributed by atoms with Gasteiger partial charge in [0.05, 0.1) is 5.75 Å². The van der Waals surface area contributed by atoms with E-state index in [-0.39, 0.29) is 10.9 Å². The van der Waals surface area contributed by atoms with Crippen molar-refractivity contribution >= 4 is 25.8 Å². The second kappa shape index (κ2) is 4.58. The van der Waals surface area contributed by atoms with Crippen LogP contribution < -0.4 is 0 Å². The maximum absolute atomic E-state index is 11.6. The molecule has 0 bridgehead atoms. The molecule has 2 aromatic rings. The van der Waals surface area contributed by atoms with E-state index in [9.17, 15) is 8.42 Å². The number of hydrogen-bond donors (Lipinski definition) is 1. The number of rotatable bonds is 3. The number of hydrogen-bond acceptors (Lipinski definition) is 4. The number of nitrogens with zero attached hydrogens (tertiary/aromatic N) is 2. The van der Waals surface area contributed by atoms with Gasteiger partial charge in [0.1, 0.15) is 0 Å². The van der Waals surface area contributed by atoms with Crippen LogP contribution in [0.2, 0.25) is 0 Å². The highest BCUT2D eigenvalue weighted by atomic mass is 79.9. The minimum Gasteiger partial charge on any atom is -0.249 e. The van der Waals surface area contributed by atoms with Gasteiger partial charge in [-0.25, -0.2) is 13.5 Å². The fourth-order valence-electron chi connectivity index (χ4n) is 1.25. The maximum Gasteiger partial charge on any atom is 0.243 e. The predicted octanol–water partition coefficient (Wildman–Crippen LogP) is 2.03. The van der Waals surface area contributed by atoms with Gasteiger partial charge in [0.2, 0.25) is 15.0 Å². The minimum absolute atomic E-state index is 0.00196. The Morgan fingerprint density at radius 3 is 2.53 bits per heavy atom. The second-order valence-corrected chi connectivity index (χ2v) is 6.48. The highest BCUT2D eigenvalue weighted by Crippen LogP contribution is 2.19. The van der Waals surface area contributed by atoms with Crippen LogP contribution in [0.5, 0.6) is 0 Å². The molecule has 2 rings (SSSR count). The Morgan fingerprint density at radius 1 is 1.29 bits per heavy atom. The fraction of sp³-hybridized carbons (Fsp3) is 0.200. The summed E-state index contributed by atoms with van der Waals surface area (Å²) >= 11 is 3.32. The van der Waals surface area contributed by atoms with E-state index >= 15 is 0 Å². The van der Waals surface area contributed by atoms with Gasteiger partial charge in [0, 0.05) is 10.0 Å². The molecule has 5 nitrogen and oxygen atoms in total. The molecule has 17 heavy (non-hydrogen) atoms. The summed E-state index contributed by atoms with van der Waals surface area (Å²) in [6, 6.07) is 7.32. The van der Waals surface area contributed by atoms with Gasteiger partial charge in [-0.1, -0.05) is 35.0 Å². The minimum atomic E-state index is -3.33. The molecule has 0 amide bonds. The number of halogens is 1. The van der Waals surface area contributed by atoms with Crippen LogP contribution in [-0.2, 0) is 9.84 Å². The van der Waals surface area contributed by atoms with Crippen LogP contribution in [0.15, 0.2) is 33.9 Å². The van der Waals surface area contributed by atoms with E-state index in [0.717, 1.165) is 10.0 Å². The van der Waals surface area contributed by atoms with Crippen LogP contribution in [0.25, 0.3) is 11.4 Å². The van der Waals surface area contributed by atoms with Gasteiger partial charge < -0.3 is 0 Å². The number of H-pyrrole nitrogens is 1. The third-order valence-electron chi connectivity index (χ3n) is 2.24. The van der Waals surface area contributed by atoms with E-state index in [2.05, 4.69) is 31.1 Å². The van der Waals surface area contributed by atoms with E-state index in [1.807, 2.05) is 24.3 Å². The van der Waals surface area contributed by atoms with E-state index in [1.165, 1.54) is 0 Å². The van der Waals surface area contributed by atoms with E-state index in [0.29, 0.717) is 5.82 Å². The summed E-state index contributed by atoms with van der Waals surface area (Å²) in [6.07, 6.45) is 0. The molecule has 7 heteroatoms. The summed E-state index contributed by atoms with van der Waals surface area (Å²) in [6.45, 7) is 1.57. The van der Waals surface area contributed by atoms with Crippen molar-refractivity contribution in [1.29, 1.82) is 0 Å². The molecular formula is C10H10BrN3O2S. The summed E-state index contributed by atoms with van der Waals surface area (Å²) in [7, 11) is -3.33. The van der Waals surface area contributed by atoms with Gasteiger partial charge in [0.15, 0.2) is 5.82 Å². The van der Waals surface area contributed by atoms with Crippen molar-refractivity contribution in [3.8, 4) is 11.4 Å². The Morgan fingerprint density at radius 2 is 1.94 bits per heavy atom. The first kappa shape index (κ1) is 12.3. The summed E-state index contributed by atoms with van der Waals surface area (Å²) < 4.78 is 24.1. The standard InChI is InChI=1S/C10H10BrN3O2S/c1-2-17(15,16)10-12-9(13-14-10)7-3-5-8(11)6-4-7/h3-6H,2H2,1H3,(H,12,13,14). The Hall–Kier alpha value is -1.21. The number of nitrogens with one attached hydrogen (secondary N) is 1. The van der Waals surface area contributed by atoms with Gasteiger partial charge in [-0.05, 0) is 12.1 Å². The molecule has 0 aliphatic carbocycles. The maximum atomic E-state index is 11.6. The van der Waals surface area contributed by atoms with E-state index < -0.39 is 9.84 Å². The van der Waals surface area contributed by atoms with Crippen LogP contribution >= 0.6 is 15.9 Å². The van der Waals surface area contributed by atoms with Crippen molar-refractivity contribution in [2.45, 2.75) is 12.1 Å². The highest BCUT2D eigenvalue weighted by molar-refractivity contribution is 9.10. The molecule has 0 saturated heterocycles. The van der Waals surface area contributed by atoms with Crippen molar-refractivity contribution in [3.05, 3.63) is 28.7 Å². The summed E-state index contributed by atoms with van der Waals surface area (Å²) in [5, 5.41) is 6.26. The van der Waals surface area contributed by atoms with Crippen molar-refractivity contribution in [2.24, 2.45) is 0 Å². The zero-order valence-electron chi connectivity index (χ0n) is 9.01. The van der Waals surface area contributed by atoms with Gasteiger partial charge in [0.25, 0.3) is 0 Å². The Balaban J connectivity index is 2.40. The normalized spacial score (nSPS) is 11.6. The number of aromatic nitrogens is 3. The molecule has 1 heterocycles. The SMILES string of the molecule is CCS(=O)(=O)c1nc(-c2ccc(Br)cc2)n[nH]1. The molecule has 0 fully saturated rings. The van der Waals surface area contributed by atoms with Gasteiger partial charge in [-0.15, -0.1) is 0 Å². The first-order valence-electron chi connectivity index (χ1n) is 4.94. The number of sulfone groups is 1. The lowest BCUT2D eigenvalue weighted by atomic mass is 10.2. The van der Waals surface area contributed by atoms with Crippen molar-refractivity contribution in [2.75, 3.05) is 5.75 Å². The summed E-state index contributed by atoms with van der Waals surface area (Å²) in [5.74, 6) is 0.381. The third-order valence-corrected chi connectivity index (χ3v) is 4.30. The zero-order valence-corrected chi connectivity index (χ0v) is 11.4. The molecule has 0 radical (unpaired) electrons. The topological polar surface area (TPSA) is 75.7 Å². The Labute approximate surface area is 107 Å². The smallest absolute Gasteiger partial charge is 0.243 e. The Kier molecular flexibility index (Phi) is 3.30. The molecule has 1 aromatic carbocycles. The Bertz CT molecular complexity index is 619. The molecule has 1 N–H and O–H groups in total. The van der Waals surface area contributed by atoms with Crippen molar-refractivity contribution in [1.82, 2.24) is 15.2 Å². The van der Waals surface area contributed by atoms with Crippen LogP contribution in [0, 0.1) is 0 Å². The van der Waals surface area contributed by atoms with Gasteiger partial charge >= 0.3 is 0 Å². The van der Waals surface area contributed by atoms with E-state index in [1.54, 1.807) is 6.92 Å². The molecule has 0 spiro atoms. The molecule has 0 atom stereocenters. The second-order valence-electron chi connectivity index (χ2n) is 3.37. The summed E-state index contributed by atoms with van der Waals surface area (Å²) in [5.41, 5.74) is 0.766.